The SMILES string of the molecule is O=C1NCCN1C1CCCN(c2ccc3nnc(C(F)(F)F)n3n2)C1. The van der Waals surface area contributed by atoms with Crippen LogP contribution in [0.5, 0.6) is 0 Å². The number of urea groups is 1. The first kappa shape index (κ1) is 15.9. The largest absolute Gasteiger partial charge is 0.453 e. The summed E-state index contributed by atoms with van der Waals surface area (Å²) < 4.78 is 39.7. The fourth-order valence-corrected chi connectivity index (χ4v) is 3.38. The second kappa shape index (κ2) is 5.74. The molecular weight excluding hydrogens is 339 g/mol. The molecule has 2 aromatic rings. The maximum Gasteiger partial charge on any atom is 0.453 e. The van der Waals surface area contributed by atoms with Crippen molar-refractivity contribution in [2.45, 2.75) is 25.1 Å². The van der Waals surface area contributed by atoms with E-state index in [-0.39, 0.29) is 17.7 Å². The molecule has 1 N–H and O–H groups in total. The summed E-state index contributed by atoms with van der Waals surface area (Å²) in [4.78, 5) is 15.5. The van der Waals surface area contributed by atoms with Gasteiger partial charge in [-0.05, 0) is 25.0 Å². The van der Waals surface area contributed by atoms with Crippen molar-refractivity contribution in [2.75, 3.05) is 31.1 Å². The van der Waals surface area contributed by atoms with Gasteiger partial charge < -0.3 is 15.1 Å². The molecule has 1 atom stereocenters. The van der Waals surface area contributed by atoms with Crippen LogP contribution in [0.4, 0.5) is 23.8 Å². The number of piperidine rings is 1. The van der Waals surface area contributed by atoms with Gasteiger partial charge >= 0.3 is 12.2 Å². The molecule has 0 radical (unpaired) electrons. The van der Waals surface area contributed by atoms with E-state index in [1.807, 2.05) is 4.90 Å². The van der Waals surface area contributed by atoms with Crippen LogP contribution in [0.1, 0.15) is 18.7 Å². The molecule has 2 saturated heterocycles. The molecule has 4 heterocycles. The highest BCUT2D eigenvalue weighted by molar-refractivity contribution is 5.76. The first-order valence-corrected chi connectivity index (χ1v) is 8.02. The molecule has 1 unspecified atom stereocenters. The zero-order valence-electron chi connectivity index (χ0n) is 13.2. The molecule has 134 valence electrons. The van der Waals surface area contributed by atoms with Gasteiger partial charge in [-0.1, -0.05) is 0 Å². The molecule has 2 fully saturated rings. The fraction of sp³-hybridized carbons (Fsp3) is 0.571. The van der Waals surface area contributed by atoms with Gasteiger partial charge in [-0.25, -0.2) is 4.79 Å². The van der Waals surface area contributed by atoms with Crippen molar-refractivity contribution in [1.29, 1.82) is 0 Å². The predicted molar refractivity (Wildman–Crippen MR) is 81.1 cm³/mol. The molecule has 4 rings (SSSR count). The second-order valence-corrected chi connectivity index (χ2v) is 6.15. The number of anilines is 1. The number of alkyl halides is 3. The van der Waals surface area contributed by atoms with Crippen LogP contribution in [0.3, 0.4) is 0 Å². The first-order chi connectivity index (χ1) is 11.9. The topological polar surface area (TPSA) is 78.7 Å². The summed E-state index contributed by atoms with van der Waals surface area (Å²) in [6.45, 7) is 2.48. The van der Waals surface area contributed by atoms with Crippen LogP contribution in [0, 0.1) is 0 Å². The molecule has 2 aliphatic rings. The average molecular weight is 355 g/mol. The number of hydrogen-bond donors (Lipinski definition) is 1. The lowest BCUT2D eigenvalue weighted by atomic mass is 10.0. The third kappa shape index (κ3) is 2.83. The van der Waals surface area contributed by atoms with Gasteiger partial charge in [0.25, 0.3) is 5.82 Å². The van der Waals surface area contributed by atoms with Crippen molar-refractivity contribution in [3.8, 4) is 0 Å². The van der Waals surface area contributed by atoms with Crippen LogP contribution in [-0.2, 0) is 6.18 Å². The fourth-order valence-electron chi connectivity index (χ4n) is 3.38. The number of halogens is 3. The van der Waals surface area contributed by atoms with E-state index in [1.54, 1.807) is 11.0 Å². The molecule has 2 aromatic heterocycles. The molecule has 11 heteroatoms. The summed E-state index contributed by atoms with van der Waals surface area (Å²) in [5.74, 6) is -0.723. The number of fused-ring (bicyclic) bond motifs is 1. The molecule has 8 nitrogen and oxygen atoms in total. The first-order valence-electron chi connectivity index (χ1n) is 8.02. The minimum Gasteiger partial charge on any atom is -0.353 e. The molecule has 25 heavy (non-hydrogen) atoms. The van der Waals surface area contributed by atoms with Gasteiger partial charge in [-0.15, -0.1) is 15.3 Å². The smallest absolute Gasteiger partial charge is 0.353 e. The number of amides is 2. The number of nitrogens with one attached hydrogen (secondary N) is 1. The van der Waals surface area contributed by atoms with Gasteiger partial charge in [0.2, 0.25) is 0 Å². The van der Waals surface area contributed by atoms with Crippen molar-refractivity contribution in [2.24, 2.45) is 0 Å². The molecule has 0 spiro atoms. The van der Waals surface area contributed by atoms with Crippen LogP contribution in [-0.4, -0.2) is 63.0 Å². The molecule has 0 bridgehead atoms. The Balaban J connectivity index is 1.61. The van der Waals surface area contributed by atoms with E-state index < -0.39 is 12.0 Å². The Bertz CT molecular complexity index is 805. The Labute approximate surface area is 140 Å². The summed E-state index contributed by atoms with van der Waals surface area (Å²) >= 11 is 0. The summed E-state index contributed by atoms with van der Waals surface area (Å²) in [6.07, 6.45) is -2.92. The summed E-state index contributed by atoms with van der Waals surface area (Å²) in [7, 11) is 0. The number of nitrogens with zero attached hydrogens (tertiary/aromatic N) is 6. The number of hydrogen-bond acceptors (Lipinski definition) is 5. The van der Waals surface area contributed by atoms with Gasteiger partial charge in [-0.3, -0.25) is 0 Å². The van der Waals surface area contributed by atoms with Crippen LogP contribution in [0.15, 0.2) is 12.1 Å². The van der Waals surface area contributed by atoms with Crippen LogP contribution in [0.25, 0.3) is 5.65 Å². The van der Waals surface area contributed by atoms with Crippen LogP contribution >= 0.6 is 0 Å². The minimum absolute atomic E-state index is 0.0248. The van der Waals surface area contributed by atoms with Crippen molar-refractivity contribution in [3.63, 3.8) is 0 Å². The predicted octanol–water partition coefficient (Wildman–Crippen LogP) is 1.14. The van der Waals surface area contributed by atoms with E-state index in [0.29, 0.717) is 32.0 Å². The van der Waals surface area contributed by atoms with Gasteiger partial charge in [0.15, 0.2) is 5.65 Å². The molecule has 0 aromatic carbocycles. The summed E-state index contributed by atoms with van der Waals surface area (Å²) in [5.41, 5.74) is 0.0450. The summed E-state index contributed by atoms with van der Waals surface area (Å²) in [6, 6.07) is 3.04. The third-order valence-corrected chi connectivity index (χ3v) is 4.55. The van der Waals surface area contributed by atoms with Gasteiger partial charge in [0, 0.05) is 26.2 Å². The number of aromatic nitrogens is 4. The lowest BCUT2D eigenvalue weighted by Gasteiger charge is -2.37. The molecule has 2 amide bonds. The zero-order valence-corrected chi connectivity index (χ0v) is 13.2. The normalized spacial score (nSPS) is 21.9. The highest BCUT2D eigenvalue weighted by Crippen LogP contribution is 2.28. The zero-order chi connectivity index (χ0) is 17.6. The maximum absolute atomic E-state index is 13.0. The van der Waals surface area contributed by atoms with Crippen molar-refractivity contribution < 1.29 is 18.0 Å². The minimum atomic E-state index is -4.62. The van der Waals surface area contributed by atoms with Crippen molar-refractivity contribution >= 4 is 17.5 Å². The Morgan fingerprint density at radius 1 is 1.20 bits per heavy atom. The lowest BCUT2D eigenvalue weighted by Crippen LogP contribution is -2.49. The monoisotopic (exact) mass is 355 g/mol. The van der Waals surface area contributed by atoms with E-state index in [2.05, 4.69) is 20.6 Å². The van der Waals surface area contributed by atoms with Gasteiger partial charge in [0.05, 0.1) is 6.04 Å². The van der Waals surface area contributed by atoms with E-state index in [4.69, 9.17) is 0 Å². The van der Waals surface area contributed by atoms with Gasteiger partial charge in [0.1, 0.15) is 5.82 Å². The summed E-state index contributed by atoms with van der Waals surface area (Å²) in [5, 5.41) is 13.6. The van der Waals surface area contributed by atoms with E-state index >= 15 is 0 Å². The van der Waals surface area contributed by atoms with Crippen LogP contribution < -0.4 is 10.2 Å². The maximum atomic E-state index is 13.0. The standard InChI is InChI=1S/C14H16F3N7O/c15-14(16,17)12-20-19-10-3-4-11(21-24(10)12)22-6-1-2-9(8-22)23-7-5-18-13(23)25/h3-4,9H,1-2,5-8H2,(H,18,25). The highest BCUT2D eigenvalue weighted by Gasteiger charge is 2.38. The van der Waals surface area contributed by atoms with Crippen molar-refractivity contribution in [3.05, 3.63) is 18.0 Å². The number of carbonyl (C=O) groups is 1. The number of carbonyl (C=O) groups excluding carboxylic acids is 1. The quantitative estimate of drug-likeness (QED) is 0.874. The Hall–Kier alpha value is -2.59. The van der Waals surface area contributed by atoms with E-state index in [0.717, 1.165) is 17.4 Å². The Morgan fingerprint density at radius 2 is 2.04 bits per heavy atom. The number of rotatable bonds is 2. The van der Waals surface area contributed by atoms with Gasteiger partial charge in [-0.2, -0.15) is 17.7 Å². The average Bonchev–Trinajstić information content (AvgIpc) is 3.20. The Morgan fingerprint density at radius 3 is 2.76 bits per heavy atom. The highest BCUT2D eigenvalue weighted by atomic mass is 19.4. The van der Waals surface area contributed by atoms with E-state index in [1.165, 1.54) is 6.07 Å². The molecule has 2 aliphatic heterocycles. The lowest BCUT2D eigenvalue weighted by molar-refractivity contribution is -0.146. The third-order valence-electron chi connectivity index (χ3n) is 4.55. The van der Waals surface area contributed by atoms with E-state index in [9.17, 15) is 18.0 Å². The molecule has 0 aliphatic carbocycles. The Kier molecular flexibility index (Phi) is 3.65. The molecular formula is C14H16F3N7O. The molecule has 0 saturated carbocycles. The van der Waals surface area contributed by atoms with Crippen LogP contribution in [0.2, 0.25) is 0 Å². The second-order valence-electron chi connectivity index (χ2n) is 6.15. The van der Waals surface area contributed by atoms with Crippen molar-refractivity contribution in [1.82, 2.24) is 30.0 Å².